The first-order valence-electron chi connectivity index (χ1n) is 11.9. The predicted octanol–water partition coefficient (Wildman–Crippen LogP) is 6.35. The Hall–Kier alpha value is -2.62. The van der Waals surface area contributed by atoms with Gasteiger partial charge in [0.1, 0.15) is 12.4 Å². The van der Waals surface area contributed by atoms with Crippen LogP contribution in [-0.2, 0) is 6.61 Å². The lowest BCUT2D eigenvalue weighted by atomic mass is 9.81. The Labute approximate surface area is 192 Å². The maximum absolute atomic E-state index is 10.4. The topological polar surface area (TPSA) is 32.7 Å². The molecule has 1 N–H and O–H groups in total. The van der Waals surface area contributed by atoms with E-state index >= 15 is 0 Å². The molecule has 3 aromatic rings. The summed E-state index contributed by atoms with van der Waals surface area (Å²) in [6, 6.07) is 29.6. The standard InChI is InChI=1S/C29H35NO2/c1-30(21-20-29(31)26-10-6-3-7-11-26)27-16-12-24(13-17-27)25-14-18-28(19-15-25)32-22-23-8-4-2-5-9-23/h2-11,14-15,18-19,24,27,29,31H,12-13,16-17,20-22H2,1H3. The van der Waals surface area contributed by atoms with Crippen molar-refractivity contribution in [2.45, 2.75) is 56.8 Å². The van der Waals surface area contributed by atoms with Crippen LogP contribution in [0.1, 0.15) is 60.8 Å². The number of nitrogens with zero attached hydrogens (tertiary/aromatic N) is 1. The monoisotopic (exact) mass is 429 g/mol. The molecule has 4 rings (SSSR count). The summed E-state index contributed by atoms with van der Waals surface area (Å²) in [6.45, 7) is 1.54. The van der Waals surface area contributed by atoms with Crippen LogP contribution in [0.15, 0.2) is 84.9 Å². The van der Waals surface area contributed by atoms with Crippen LogP contribution < -0.4 is 4.74 Å². The fourth-order valence-corrected chi connectivity index (χ4v) is 4.78. The van der Waals surface area contributed by atoms with E-state index in [4.69, 9.17) is 4.74 Å². The van der Waals surface area contributed by atoms with Crippen molar-refractivity contribution in [3.8, 4) is 5.75 Å². The highest BCUT2D eigenvalue weighted by Crippen LogP contribution is 2.35. The zero-order chi connectivity index (χ0) is 22.2. The third-order valence-electron chi connectivity index (χ3n) is 6.86. The second-order valence-electron chi connectivity index (χ2n) is 9.04. The molecule has 1 saturated carbocycles. The molecule has 168 valence electrons. The molecule has 0 aromatic heterocycles. The van der Waals surface area contributed by atoms with Gasteiger partial charge in [-0.1, -0.05) is 72.8 Å². The molecule has 0 bridgehead atoms. The molecular formula is C29H35NO2. The van der Waals surface area contributed by atoms with Crippen LogP contribution in [0.4, 0.5) is 0 Å². The Kier molecular flexibility index (Phi) is 7.97. The van der Waals surface area contributed by atoms with Gasteiger partial charge in [0.05, 0.1) is 6.10 Å². The molecule has 32 heavy (non-hydrogen) atoms. The summed E-state index contributed by atoms with van der Waals surface area (Å²) in [4.78, 5) is 2.45. The van der Waals surface area contributed by atoms with E-state index in [1.165, 1.54) is 36.8 Å². The van der Waals surface area contributed by atoms with Crippen molar-refractivity contribution in [2.75, 3.05) is 13.6 Å². The Morgan fingerprint density at radius 2 is 1.47 bits per heavy atom. The zero-order valence-corrected chi connectivity index (χ0v) is 19.1. The van der Waals surface area contributed by atoms with Crippen molar-refractivity contribution in [1.82, 2.24) is 4.90 Å². The maximum Gasteiger partial charge on any atom is 0.119 e. The summed E-state index contributed by atoms with van der Waals surface area (Å²) in [5, 5.41) is 10.4. The molecular weight excluding hydrogens is 394 g/mol. The Bertz CT molecular complexity index is 918. The van der Waals surface area contributed by atoms with Crippen molar-refractivity contribution in [2.24, 2.45) is 0 Å². The van der Waals surface area contributed by atoms with Gasteiger partial charge in [-0.25, -0.2) is 0 Å². The van der Waals surface area contributed by atoms with E-state index in [0.717, 1.165) is 24.3 Å². The van der Waals surface area contributed by atoms with E-state index in [-0.39, 0.29) is 6.10 Å². The zero-order valence-electron chi connectivity index (χ0n) is 19.1. The van der Waals surface area contributed by atoms with Gasteiger partial charge in [0.25, 0.3) is 0 Å². The van der Waals surface area contributed by atoms with Crippen LogP contribution in [0.5, 0.6) is 5.75 Å². The van der Waals surface area contributed by atoms with E-state index in [9.17, 15) is 5.11 Å². The molecule has 1 aliphatic carbocycles. The Morgan fingerprint density at radius 3 is 2.12 bits per heavy atom. The molecule has 0 heterocycles. The summed E-state index contributed by atoms with van der Waals surface area (Å²) < 4.78 is 5.93. The van der Waals surface area contributed by atoms with E-state index in [1.807, 2.05) is 48.5 Å². The van der Waals surface area contributed by atoms with E-state index < -0.39 is 0 Å². The number of hydrogen-bond acceptors (Lipinski definition) is 3. The first-order chi connectivity index (χ1) is 15.7. The average molecular weight is 430 g/mol. The molecule has 0 radical (unpaired) electrons. The van der Waals surface area contributed by atoms with Crippen LogP contribution in [0.25, 0.3) is 0 Å². The minimum Gasteiger partial charge on any atom is -0.489 e. The van der Waals surface area contributed by atoms with Gasteiger partial charge in [-0.15, -0.1) is 0 Å². The van der Waals surface area contributed by atoms with Gasteiger partial charge in [0.15, 0.2) is 0 Å². The molecule has 3 aromatic carbocycles. The van der Waals surface area contributed by atoms with Crippen molar-refractivity contribution in [3.05, 3.63) is 102 Å². The largest absolute Gasteiger partial charge is 0.489 e. The minimum absolute atomic E-state index is 0.377. The number of hydrogen-bond donors (Lipinski definition) is 1. The molecule has 0 aliphatic heterocycles. The van der Waals surface area contributed by atoms with E-state index in [0.29, 0.717) is 18.6 Å². The Balaban J connectivity index is 1.21. The number of ether oxygens (including phenoxy) is 1. The lowest BCUT2D eigenvalue weighted by molar-refractivity contribution is 0.122. The first-order valence-corrected chi connectivity index (χ1v) is 11.9. The number of aliphatic hydroxyl groups excluding tert-OH is 1. The summed E-state index contributed by atoms with van der Waals surface area (Å²) in [5.74, 6) is 1.57. The fourth-order valence-electron chi connectivity index (χ4n) is 4.78. The van der Waals surface area contributed by atoms with Gasteiger partial charge in [0.2, 0.25) is 0 Å². The van der Waals surface area contributed by atoms with Crippen LogP contribution in [-0.4, -0.2) is 29.6 Å². The van der Waals surface area contributed by atoms with Gasteiger partial charge in [-0.2, -0.15) is 0 Å². The van der Waals surface area contributed by atoms with Crippen LogP contribution in [0.3, 0.4) is 0 Å². The van der Waals surface area contributed by atoms with Crippen molar-refractivity contribution in [1.29, 1.82) is 0 Å². The highest BCUT2D eigenvalue weighted by molar-refractivity contribution is 5.30. The smallest absolute Gasteiger partial charge is 0.119 e. The summed E-state index contributed by atoms with van der Waals surface area (Å²) in [6.07, 6.45) is 5.29. The van der Waals surface area contributed by atoms with E-state index in [1.54, 1.807) is 0 Å². The Morgan fingerprint density at radius 1 is 0.844 bits per heavy atom. The van der Waals surface area contributed by atoms with Crippen LogP contribution in [0.2, 0.25) is 0 Å². The SMILES string of the molecule is CN(CCC(O)c1ccccc1)C1CCC(c2ccc(OCc3ccccc3)cc2)CC1. The number of benzene rings is 3. The van der Waals surface area contributed by atoms with Crippen LogP contribution >= 0.6 is 0 Å². The molecule has 3 nitrogen and oxygen atoms in total. The summed E-state index contributed by atoms with van der Waals surface area (Å²) in [7, 11) is 2.21. The molecule has 3 heteroatoms. The normalized spacial score (nSPS) is 19.6. The van der Waals surface area contributed by atoms with Crippen molar-refractivity contribution in [3.63, 3.8) is 0 Å². The fraction of sp³-hybridized carbons (Fsp3) is 0.379. The molecule has 1 unspecified atom stereocenters. The van der Waals surface area contributed by atoms with Gasteiger partial charge < -0.3 is 14.7 Å². The molecule has 1 atom stereocenters. The first kappa shape index (κ1) is 22.6. The quantitative estimate of drug-likeness (QED) is 0.430. The van der Waals surface area contributed by atoms with Gasteiger partial charge in [-0.3, -0.25) is 0 Å². The van der Waals surface area contributed by atoms with Gasteiger partial charge in [-0.05, 0) is 73.9 Å². The van der Waals surface area contributed by atoms with Crippen molar-refractivity contribution >= 4 is 0 Å². The van der Waals surface area contributed by atoms with Crippen molar-refractivity contribution < 1.29 is 9.84 Å². The molecule has 1 aliphatic rings. The average Bonchev–Trinajstić information content (AvgIpc) is 2.87. The van der Waals surface area contributed by atoms with Gasteiger partial charge >= 0.3 is 0 Å². The minimum atomic E-state index is -0.377. The lowest BCUT2D eigenvalue weighted by Gasteiger charge is -2.35. The molecule has 0 saturated heterocycles. The molecule has 0 amide bonds. The lowest BCUT2D eigenvalue weighted by Crippen LogP contribution is -2.36. The third-order valence-corrected chi connectivity index (χ3v) is 6.86. The van der Waals surface area contributed by atoms with Gasteiger partial charge in [0, 0.05) is 12.6 Å². The summed E-state index contributed by atoms with van der Waals surface area (Å²) in [5.41, 5.74) is 3.63. The third kappa shape index (κ3) is 6.21. The molecule has 0 spiro atoms. The number of aliphatic hydroxyl groups is 1. The number of rotatable bonds is 9. The highest BCUT2D eigenvalue weighted by Gasteiger charge is 2.25. The second-order valence-corrected chi connectivity index (χ2v) is 9.04. The van der Waals surface area contributed by atoms with E-state index in [2.05, 4.69) is 48.3 Å². The maximum atomic E-state index is 10.4. The summed E-state index contributed by atoms with van der Waals surface area (Å²) >= 11 is 0. The predicted molar refractivity (Wildman–Crippen MR) is 131 cm³/mol. The highest BCUT2D eigenvalue weighted by atomic mass is 16.5. The van der Waals surface area contributed by atoms with Crippen LogP contribution in [0, 0.1) is 0 Å². The molecule has 1 fully saturated rings. The second kappa shape index (κ2) is 11.3.